The maximum atomic E-state index is 12.2. The van der Waals surface area contributed by atoms with Gasteiger partial charge in [-0.25, -0.2) is 9.59 Å². The fourth-order valence-electron chi connectivity index (χ4n) is 2.76. The Hall–Kier alpha value is -0.880. The molecule has 0 heterocycles. The zero-order valence-corrected chi connectivity index (χ0v) is 19.0. The summed E-state index contributed by atoms with van der Waals surface area (Å²) in [6, 6.07) is 8.75. The van der Waals surface area contributed by atoms with Gasteiger partial charge in [0.15, 0.2) is 0 Å². The molecule has 154 valence electrons. The van der Waals surface area contributed by atoms with Gasteiger partial charge in [-0.3, -0.25) is 0 Å². The van der Waals surface area contributed by atoms with E-state index in [0.29, 0.717) is 20.1 Å². The Labute approximate surface area is 196 Å². The van der Waals surface area contributed by atoms with Gasteiger partial charge in [0.25, 0.3) is 0 Å². The molecule has 0 N–H and O–H groups in total. The second kappa shape index (κ2) is 9.09. The highest BCUT2D eigenvalue weighted by molar-refractivity contribution is 6.51. The van der Waals surface area contributed by atoms with Crippen LogP contribution in [0.2, 0.25) is 20.1 Å². The Morgan fingerprint density at radius 3 is 1.31 bits per heavy atom. The zero-order chi connectivity index (χ0) is 21.3. The molecule has 29 heavy (non-hydrogen) atoms. The highest BCUT2D eigenvalue weighted by atomic mass is 35.5. The topological polar surface area (TPSA) is 52.6 Å². The van der Waals surface area contributed by atoms with Crippen LogP contribution in [0.4, 0.5) is 0 Å². The number of ether oxygens (including phenoxy) is 2. The van der Waals surface area contributed by atoms with Gasteiger partial charge in [-0.1, -0.05) is 46.4 Å². The van der Waals surface area contributed by atoms with E-state index in [4.69, 9.17) is 79.1 Å². The fourth-order valence-corrected chi connectivity index (χ4v) is 4.54. The van der Waals surface area contributed by atoms with Crippen molar-refractivity contribution in [3.05, 3.63) is 67.6 Å². The lowest BCUT2D eigenvalue weighted by Crippen LogP contribution is -2.11. The smallest absolute Gasteiger partial charge is 0.338 e. The Balaban J connectivity index is 1.54. The molecule has 4 nitrogen and oxygen atoms in total. The van der Waals surface area contributed by atoms with Gasteiger partial charge in [0.2, 0.25) is 0 Å². The average Bonchev–Trinajstić information content (AvgIpc) is 3.14. The van der Waals surface area contributed by atoms with Crippen molar-refractivity contribution in [2.45, 2.75) is 4.33 Å². The van der Waals surface area contributed by atoms with E-state index in [0.717, 1.165) is 0 Å². The minimum absolute atomic E-state index is 0.0544. The van der Waals surface area contributed by atoms with Gasteiger partial charge in [-0.2, -0.15) is 0 Å². The number of carbonyl (C=O) groups is 2. The van der Waals surface area contributed by atoms with Gasteiger partial charge in [-0.15, -0.1) is 23.2 Å². The van der Waals surface area contributed by atoms with Crippen molar-refractivity contribution in [3.63, 3.8) is 0 Å². The van der Waals surface area contributed by atoms with Crippen LogP contribution in [-0.4, -0.2) is 29.5 Å². The van der Waals surface area contributed by atoms with Crippen LogP contribution in [0.3, 0.4) is 0 Å². The molecule has 3 rings (SSSR count). The number of esters is 2. The zero-order valence-electron chi connectivity index (χ0n) is 14.4. The second-order valence-corrected chi connectivity index (χ2v) is 9.59. The Morgan fingerprint density at radius 2 is 1.00 bits per heavy atom. The Kier molecular flexibility index (Phi) is 7.14. The molecule has 1 aliphatic rings. The maximum Gasteiger partial charge on any atom is 0.338 e. The Morgan fingerprint density at radius 1 is 0.690 bits per heavy atom. The summed E-state index contributed by atoms with van der Waals surface area (Å²) in [5.41, 5.74) is 0.414. The monoisotopic (exact) mass is 514 g/mol. The van der Waals surface area contributed by atoms with Crippen LogP contribution >= 0.6 is 69.6 Å². The summed E-state index contributed by atoms with van der Waals surface area (Å²) in [5.74, 6) is -2.04. The Bertz CT molecular complexity index is 846. The van der Waals surface area contributed by atoms with Crippen molar-refractivity contribution in [2.24, 2.45) is 11.8 Å². The quantitative estimate of drug-likeness (QED) is 0.315. The summed E-state index contributed by atoms with van der Waals surface area (Å²) in [6.07, 6.45) is 0. The molecule has 2 aromatic carbocycles. The normalized spacial score (nSPS) is 19.5. The van der Waals surface area contributed by atoms with Gasteiger partial charge in [-0.05, 0) is 36.4 Å². The van der Waals surface area contributed by atoms with Gasteiger partial charge in [0.1, 0.15) is 4.33 Å². The minimum atomic E-state index is -1.18. The molecule has 0 spiro atoms. The summed E-state index contributed by atoms with van der Waals surface area (Å²) >= 11 is 36.0. The van der Waals surface area contributed by atoms with Crippen molar-refractivity contribution in [3.8, 4) is 0 Å². The number of hydrogen-bond acceptors (Lipinski definition) is 4. The fraction of sp³-hybridized carbons (Fsp3) is 0.263. The van der Waals surface area contributed by atoms with Crippen LogP contribution in [0.15, 0.2) is 36.4 Å². The second-order valence-electron chi connectivity index (χ2n) is 6.40. The largest absolute Gasteiger partial charge is 0.462 e. The molecule has 0 saturated heterocycles. The molecule has 0 amide bonds. The number of alkyl halides is 2. The van der Waals surface area contributed by atoms with Gasteiger partial charge in [0.05, 0.1) is 24.3 Å². The van der Waals surface area contributed by atoms with Crippen LogP contribution < -0.4 is 0 Å². The molecular weight excluding hydrogens is 505 g/mol. The van der Waals surface area contributed by atoms with Gasteiger partial charge in [0, 0.05) is 31.9 Å². The number of halogens is 6. The van der Waals surface area contributed by atoms with Gasteiger partial charge < -0.3 is 9.47 Å². The third-order valence-electron chi connectivity index (χ3n) is 4.35. The first kappa shape index (κ1) is 22.8. The molecule has 0 bridgehead atoms. The van der Waals surface area contributed by atoms with E-state index in [1.807, 2.05) is 0 Å². The molecular formula is C19H12Cl6O4. The maximum absolute atomic E-state index is 12.2. The lowest BCUT2D eigenvalue weighted by molar-refractivity contribution is 0.0419. The first-order chi connectivity index (χ1) is 13.6. The summed E-state index contributed by atoms with van der Waals surface area (Å²) in [6.45, 7) is -0.109. The van der Waals surface area contributed by atoms with Crippen molar-refractivity contribution in [2.75, 3.05) is 13.2 Å². The molecule has 1 saturated carbocycles. The highest BCUT2D eigenvalue weighted by Crippen LogP contribution is 2.59. The highest BCUT2D eigenvalue weighted by Gasteiger charge is 2.64. The molecule has 0 aromatic heterocycles. The summed E-state index contributed by atoms with van der Waals surface area (Å²) in [4.78, 5) is 24.4. The standard InChI is InChI=1S/C19H12Cl6O4/c20-11-1-9(2-12(21)5-11)17(26)28-7-15-16(19(15,24)25)8-29-18(27)10-3-13(22)6-14(23)4-10/h1-6,15-16H,7-8H2. The average molecular weight is 517 g/mol. The van der Waals surface area contributed by atoms with E-state index in [1.165, 1.54) is 36.4 Å². The number of benzene rings is 2. The first-order valence-corrected chi connectivity index (χ1v) is 10.5. The summed E-state index contributed by atoms with van der Waals surface area (Å²) in [7, 11) is 0. The molecule has 0 aliphatic heterocycles. The molecule has 2 unspecified atom stereocenters. The number of rotatable bonds is 6. The van der Waals surface area contributed by atoms with Crippen molar-refractivity contribution in [1.29, 1.82) is 0 Å². The first-order valence-electron chi connectivity index (χ1n) is 8.22. The lowest BCUT2D eigenvalue weighted by atomic mass is 10.2. The van der Waals surface area contributed by atoms with Crippen LogP contribution in [-0.2, 0) is 9.47 Å². The van der Waals surface area contributed by atoms with E-state index < -0.39 is 28.1 Å². The van der Waals surface area contributed by atoms with E-state index >= 15 is 0 Å². The van der Waals surface area contributed by atoms with Crippen LogP contribution in [0.5, 0.6) is 0 Å². The van der Waals surface area contributed by atoms with Crippen molar-refractivity contribution in [1.82, 2.24) is 0 Å². The summed E-state index contributed by atoms with van der Waals surface area (Å²) in [5, 5.41) is 1.24. The number of carbonyl (C=O) groups excluding carboxylic acids is 2. The molecule has 2 aromatic rings. The third kappa shape index (κ3) is 5.63. The van der Waals surface area contributed by atoms with E-state index in [-0.39, 0.29) is 24.3 Å². The predicted octanol–water partition coefficient (Wildman–Crippen LogP) is 6.73. The van der Waals surface area contributed by atoms with E-state index in [9.17, 15) is 9.59 Å². The lowest BCUT2D eigenvalue weighted by Gasteiger charge is -2.06. The predicted molar refractivity (Wildman–Crippen MR) is 115 cm³/mol. The van der Waals surface area contributed by atoms with E-state index in [2.05, 4.69) is 0 Å². The van der Waals surface area contributed by atoms with Crippen molar-refractivity contribution >= 4 is 81.5 Å². The number of hydrogen-bond donors (Lipinski definition) is 0. The molecule has 1 aliphatic carbocycles. The van der Waals surface area contributed by atoms with Crippen molar-refractivity contribution < 1.29 is 19.1 Å². The van der Waals surface area contributed by atoms with E-state index in [1.54, 1.807) is 0 Å². The van der Waals surface area contributed by atoms with Crippen LogP contribution in [0.25, 0.3) is 0 Å². The molecule has 1 fully saturated rings. The summed E-state index contributed by atoms with van der Waals surface area (Å²) < 4.78 is 9.32. The van der Waals surface area contributed by atoms with Crippen LogP contribution in [0.1, 0.15) is 20.7 Å². The minimum Gasteiger partial charge on any atom is -0.462 e. The van der Waals surface area contributed by atoms with Crippen LogP contribution in [0, 0.1) is 11.8 Å². The molecule has 10 heteroatoms. The van der Waals surface area contributed by atoms with Gasteiger partial charge >= 0.3 is 11.9 Å². The third-order valence-corrected chi connectivity index (χ3v) is 6.34. The molecule has 0 radical (unpaired) electrons. The SMILES string of the molecule is O=C(OCC1C(COC(=O)c2cc(Cl)cc(Cl)c2)C1(Cl)Cl)c1cc(Cl)cc(Cl)c1. The molecule has 2 atom stereocenters.